The van der Waals surface area contributed by atoms with Crippen molar-refractivity contribution in [3.8, 4) is 11.5 Å². The van der Waals surface area contributed by atoms with Crippen LogP contribution < -0.4 is 24.6 Å². The average molecular weight is 425 g/mol. The summed E-state index contributed by atoms with van der Waals surface area (Å²) in [7, 11) is 0. The minimum atomic E-state index is -0.110. The van der Waals surface area contributed by atoms with E-state index in [-0.39, 0.29) is 12.8 Å². The Morgan fingerprint density at radius 3 is 2.10 bits per heavy atom. The number of anilines is 3. The van der Waals surface area contributed by atoms with Gasteiger partial charge in [-0.25, -0.2) is 4.79 Å². The Kier molecular flexibility index (Phi) is 5.64. The Labute approximate surface area is 181 Å². The average Bonchev–Trinajstić information content (AvgIpc) is 3.11. The molecule has 9 nitrogen and oxygen atoms in total. The van der Waals surface area contributed by atoms with Crippen LogP contribution in [0.1, 0.15) is 25.7 Å². The molecule has 0 radical (unpaired) electrons. The van der Waals surface area contributed by atoms with E-state index in [0.717, 1.165) is 37.8 Å². The third kappa shape index (κ3) is 4.45. The monoisotopic (exact) mass is 424 g/mol. The molecule has 3 aliphatic rings. The topological polar surface area (TPSA) is 83.1 Å². The summed E-state index contributed by atoms with van der Waals surface area (Å²) in [6, 6.07) is 9.44. The van der Waals surface area contributed by atoms with Crippen LogP contribution in [0.2, 0.25) is 0 Å². The number of nitrogens with one attached hydrogen (secondary N) is 1. The lowest BCUT2D eigenvalue weighted by molar-refractivity contribution is 0.174. The highest BCUT2D eigenvalue weighted by atomic mass is 16.7. The summed E-state index contributed by atoms with van der Waals surface area (Å²) in [6.07, 6.45) is 5.04. The van der Waals surface area contributed by atoms with Crippen molar-refractivity contribution in [1.82, 2.24) is 15.1 Å². The molecule has 2 fully saturated rings. The van der Waals surface area contributed by atoms with E-state index < -0.39 is 0 Å². The van der Waals surface area contributed by atoms with E-state index in [9.17, 15) is 4.79 Å². The summed E-state index contributed by atoms with van der Waals surface area (Å²) in [5.41, 5.74) is 0.701. The second kappa shape index (κ2) is 8.87. The first-order chi connectivity index (χ1) is 15.3. The van der Waals surface area contributed by atoms with Gasteiger partial charge in [-0.15, -0.1) is 10.2 Å². The molecule has 0 unspecified atom stereocenters. The Morgan fingerprint density at radius 2 is 1.42 bits per heavy atom. The van der Waals surface area contributed by atoms with Crippen molar-refractivity contribution in [3.05, 3.63) is 30.3 Å². The normalized spacial score (nSPS) is 18.6. The molecule has 2 saturated heterocycles. The van der Waals surface area contributed by atoms with Gasteiger partial charge in [0.1, 0.15) is 0 Å². The molecule has 9 heteroatoms. The van der Waals surface area contributed by atoms with E-state index in [1.54, 1.807) is 6.07 Å². The molecule has 0 saturated carbocycles. The lowest BCUT2D eigenvalue weighted by Gasteiger charge is -2.35. The third-order valence-electron chi connectivity index (χ3n) is 6.08. The standard InChI is InChI=1S/C22H28N6O3/c29-22(23-17-5-6-18-19(15-17)31-16-30-18)28-13-11-27(12-14-28)21-8-7-20(24-25-21)26-9-3-1-2-4-10-26/h5-8,15H,1-4,9-14,16H2,(H,23,29). The van der Waals surface area contributed by atoms with Crippen LogP contribution in [0.25, 0.3) is 0 Å². The molecule has 164 valence electrons. The second-order valence-electron chi connectivity index (χ2n) is 8.12. The molecule has 3 aliphatic heterocycles. The number of carbonyl (C=O) groups excluding carboxylic acids is 1. The van der Waals surface area contributed by atoms with Crippen molar-refractivity contribution in [2.75, 3.05) is 61.2 Å². The number of ether oxygens (including phenoxy) is 2. The highest BCUT2D eigenvalue weighted by molar-refractivity contribution is 5.90. The summed E-state index contributed by atoms with van der Waals surface area (Å²) in [5, 5.41) is 11.9. The van der Waals surface area contributed by atoms with Gasteiger partial charge in [-0.1, -0.05) is 12.8 Å². The van der Waals surface area contributed by atoms with E-state index in [1.807, 2.05) is 17.0 Å². The number of fused-ring (bicyclic) bond motifs is 1. The van der Waals surface area contributed by atoms with E-state index >= 15 is 0 Å². The van der Waals surface area contributed by atoms with Gasteiger partial charge < -0.3 is 29.5 Å². The number of urea groups is 1. The van der Waals surface area contributed by atoms with Crippen LogP contribution in [0.15, 0.2) is 30.3 Å². The molecule has 5 rings (SSSR count). The summed E-state index contributed by atoms with van der Waals surface area (Å²) in [5.74, 6) is 3.20. The molecular weight excluding hydrogens is 396 g/mol. The predicted molar refractivity (Wildman–Crippen MR) is 118 cm³/mol. The molecule has 31 heavy (non-hydrogen) atoms. The van der Waals surface area contributed by atoms with Crippen molar-refractivity contribution in [2.24, 2.45) is 0 Å². The molecule has 0 bridgehead atoms. The number of benzene rings is 1. The van der Waals surface area contributed by atoms with Gasteiger partial charge in [0, 0.05) is 51.0 Å². The number of piperazine rings is 1. The molecule has 1 N–H and O–H groups in total. The Morgan fingerprint density at radius 1 is 0.774 bits per heavy atom. The van der Waals surface area contributed by atoms with Gasteiger partial charge in [-0.2, -0.15) is 0 Å². The number of amides is 2. The summed E-state index contributed by atoms with van der Waals surface area (Å²) >= 11 is 0. The lowest BCUT2D eigenvalue weighted by atomic mass is 10.2. The fourth-order valence-electron chi connectivity index (χ4n) is 4.27. The van der Waals surface area contributed by atoms with Crippen LogP contribution in [0.4, 0.5) is 22.1 Å². The predicted octanol–water partition coefficient (Wildman–Crippen LogP) is 2.94. The first kappa shape index (κ1) is 19.7. The largest absolute Gasteiger partial charge is 0.454 e. The number of rotatable bonds is 3. The van der Waals surface area contributed by atoms with Crippen molar-refractivity contribution in [3.63, 3.8) is 0 Å². The van der Waals surface area contributed by atoms with Crippen LogP contribution in [0, 0.1) is 0 Å². The van der Waals surface area contributed by atoms with Gasteiger partial charge in [0.2, 0.25) is 6.79 Å². The maximum Gasteiger partial charge on any atom is 0.321 e. The number of carbonyl (C=O) groups is 1. The maximum atomic E-state index is 12.6. The molecule has 1 aromatic heterocycles. The lowest BCUT2D eigenvalue weighted by Crippen LogP contribution is -2.50. The maximum absolute atomic E-state index is 12.6. The van der Waals surface area contributed by atoms with Gasteiger partial charge in [0.05, 0.1) is 0 Å². The molecule has 2 aromatic rings. The SMILES string of the molecule is O=C(Nc1ccc2c(c1)OCO2)N1CCN(c2ccc(N3CCCCCC3)nn2)CC1. The number of hydrogen-bond acceptors (Lipinski definition) is 7. The van der Waals surface area contributed by atoms with Crippen molar-refractivity contribution in [2.45, 2.75) is 25.7 Å². The zero-order valence-corrected chi connectivity index (χ0v) is 17.6. The summed E-state index contributed by atoms with van der Waals surface area (Å²) in [6.45, 7) is 5.06. The van der Waals surface area contributed by atoms with Crippen LogP contribution in [0.3, 0.4) is 0 Å². The smallest absolute Gasteiger partial charge is 0.321 e. The van der Waals surface area contributed by atoms with E-state index in [0.29, 0.717) is 30.3 Å². The number of aromatic nitrogens is 2. The first-order valence-electron chi connectivity index (χ1n) is 11.1. The molecule has 0 aliphatic carbocycles. The summed E-state index contributed by atoms with van der Waals surface area (Å²) in [4.78, 5) is 19.0. The van der Waals surface area contributed by atoms with Gasteiger partial charge in [0.25, 0.3) is 0 Å². The fraction of sp³-hybridized carbons (Fsp3) is 0.500. The van der Waals surface area contributed by atoms with Crippen molar-refractivity contribution in [1.29, 1.82) is 0 Å². The molecule has 0 atom stereocenters. The molecular formula is C22H28N6O3. The Hall–Kier alpha value is -3.23. The Bertz CT molecular complexity index is 906. The quantitative estimate of drug-likeness (QED) is 0.811. The molecule has 1 aromatic carbocycles. The van der Waals surface area contributed by atoms with Crippen molar-refractivity contribution < 1.29 is 14.3 Å². The summed E-state index contributed by atoms with van der Waals surface area (Å²) < 4.78 is 10.7. The van der Waals surface area contributed by atoms with Gasteiger partial charge >= 0.3 is 6.03 Å². The Balaban J connectivity index is 1.14. The van der Waals surface area contributed by atoms with Gasteiger partial charge in [-0.3, -0.25) is 0 Å². The van der Waals surface area contributed by atoms with Crippen LogP contribution in [-0.2, 0) is 0 Å². The van der Waals surface area contributed by atoms with Crippen LogP contribution >= 0.6 is 0 Å². The minimum absolute atomic E-state index is 0.110. The van der Waals surface area contributed by atoms with Gasteiger partial charge in [0.15, 0.2) is 23.1 Å². The molecule has 2 amide bonds. The number of hydrogen-bond donors (Lipinski definition) is 1. The molecule has 0 spiro atoms. The third-order valence-corrected chi connectivity index (χ3v) is 6.08. The first-order valence-corrected chi connectivity index (χ1v) is 11.1. The highest BCUT2D eigenvalue weighted by Crippen LogP contribution is 2.34. The fourth-order valence-corrected chi connectivity index (χ4v) is 4.27. The second-order valence-corrected chi connectivity index (χ2v) is 8.12. The minimum Gasteiger partial charge on any atom is -0.454 e. The number of nitrogens with zero attached hydrogens (tertiary/aromatic N) is 5. The van der Waals surface area contributed by atoms with E-state index in [4.69, 9.17) is 9.47 Å². The zero-order chi connectivity index (χ0) is 21.0. The van der Waals surface area contributed by atoms with E-state index in [2.05, 4.69) is 37.4 Å². The van der Waals surface area contributed by atoms with Crippen molar-refractivity contribution >= 4 is 23.4 Å². The highest BCUT2D eigenvalue weighted by Gasteiger charge is 2.23. The van der Waals surface area contributed by atoms with Crippen LogP contribution in [0.5, 0.6) is 11.5 Å². The molecule has 4 heterocycles. The van der Waals surface area contributed by atoms with E-state index in [1.165, 1.54) is 25.7 Å². The van der Waals surface area contributed by atoms with Crippen LogP contribution in [-0.4, -0.2) is 67.2 Å². The van der Waals surface area contributed by atoms with Gasteiger partial charge in [-0.05, 0) is 37.1 Å². The zero-order valence-electron chi connectivity index (χ0n) is 17.6.